The van der Waals surface area contributed by atoms with Crippen LogP contribution in [0.5, 0.6) is 0 Å². The van der Waals surface area contributed by atoms with E-state index in [4.69, 9.17) is 0 Å². The highest BCUT2D eigenvalue weighted by atomic mass is 14.3. The quantitative estimate of drug-likeness (QED) is 0.556. The van der Waals surface area contributed by atoms with Crippen molar-refractivity contribution in [3.63, 3.8) is 0 Å². The molecule has 0 rings (SSSR count). The van der Waals surface area contributed by atoms with Crippen LogP contribution < -0.4 is 0 Å². The van der Waals surface area contributed by atoms with Crippen molar-refractivity contribution in [3.8, 4) is 0 Å². The van der Waals surface area contributed by atoms with Crippen molar-refractivity contribution < 1.29 is 0 Å². The van der Waals surface area contributed by atoms with Crippen molar-refractivity contribution in [2.24, 2.45) is 22.7 Å². The first-order chi connectivity index (χ1) is 6.96. The van der Waals surface area contributed by atoms with E-state index in [1.807, 2.05) is 0 Å². The Hall–Kier alpha value is -0.520. The summed E-state index contributed by atoms with van der Waals surface area (Å²) in [5, 5.41) is 0. The molecule has 0 aromatic carbocycles. The molecule has 0 aromatic rings. The van der Waals surface area contributed by atoms with Crippen molar-refractivity contribution in [3.05, 3.63) is 24.3 Å². The molecule has 0 N–H and O–H groups in total. The third-order valence-corrected chi connectivity index (χ3v) is 3.82. The summed E-state index contributed by atoms with van der Waals surface area (Å²) >= 11 is 0. The standard InChI is InChI=1S/C16H30/c1-12(14(3)16(7,8)9)10-11-13(2)15(4,5)6/h10-11,13-14H,1H2,2-9H3. The van der Waals surface area contributed by atoms with Gasteiger partial charge in [0, 0.05) is 0 Å². The number of rotatable bonds is 3. The van der Waals surface area contributed by atoms with Gasteiger partial charge in [-0.25, -0.2) is 0 Å². The lowest BCUT2D eigenvalue weighted by Gasteiger charge is -2.29. The van der Waals surface area contributed by atoms with Crippen LogP contribution in [0.2, 0.25) is 0 Å². The van der Waals surface area contributed by atoms with Crippen LogP contribution in [0.3, 0.4) is 0 Å². The van der Waals surface area contributed by atoms with E-state index < -0.39 is 0 Å². The number of hydrogen-bond donors (Lipinski definition) is 0. The Morgan fingerprint density at radius 2 is 1.38 bits per heavy atom. The maximum absolute atomic E-state index is 4.19. The van der Waals surface area contributed by atoms with Gasteiger partial charge in [-0.15, -0.1) is 0 Å². The largest absolute Gasteiger partial charge is 0.0956 e. The van der Waals surface area contributed by atoms with Crippen LogP contribution in [0, 0.1) is 22.7 Å². The minimum absolute atomic E-state index is 0.298. The molecule has 0 spiro atoms. The zero-order valence-corrected chi connectivity index (χ0v) is 12.5. The zero-order chi connectivity index (χ0) is 13.1. The predicted octanol–water partition coefficient (Wildman–Crippen LogP) is 5.46. The lowest BCUT2D eigenvalue weighted by Crippen LogP contribution is -2.19. The molecule has 94 valence electrons. The van der Waals surface area contributed by atoms with Crippen molar-refractivity contribution in [1.29, 1.82) is 0 Å². The number of hydrogen-bond acceptors (Lipinski definition) is 0. The molecular formula is C16H30. The fraction of sp³-hybridized carbons (Fsp3) is 0.750. The van der Waals surface area contributed by atoms with Gasteiger partial charge in [-0.2, -0.15) is 0 Å². The predicted molar refractivity (Wildman–Crippen MR) is 75.5 cm³/mol. The molecule has 0 nitrogen and oxygen atoms in total. The summed E-state index contributed by atoms with van der Waals surface area (Å²) in [7, 11) is 0. The Balaban J connectivity index is 4.53. The van der Waals surface area contributed by atoms with Crippen molar-refractivity contribution >= 4 is 0 Å². The summed E-state index contributed by atoms with van der Waals surface area (Å²) in [5.74, 6) is 1.10. The van der Waals surface area contributed by atoms with E-state index in [0.717, 1.165) is 0 Å². The maximum Gasteiger partial charge on any atom is -0.0148 e. The lowest BCUT2D eigenvalue weighted by atomic mass is 9.77. The summed E-state index contributed by atoms with van der Waals surface area (Å²) < 4.78 is 0. The summed E-state index contributed by atoms with van der Waals surface area (Å²) in [5.41, 5.74) is 1.87. The average molecular weight is 222 g/mol. The van der Waals surface area contributed by atoms with Crippen molar-refractivity contribution in [1.82, 2.24) is 0 Å². The first-order valence-electron chi connectivity index (χ1n) is 6.33. The van der Waals surface area contributed by atoms with Crippen LogP contribution in [0.4, 0.5) is 0 Å². The van der Waals surface area contributed by atoms with Crippen molar-refractivity contribution in [2.45, 2.75) is 55.4 Å². The van der Waals surface area contributed by atoms with E-state index in [1.54, 1.807) is 0 Å². The molecule has 2 atom stereocenters. The minimum Gasteiger partial charge on any atom is -0.0956 e. The molecule has 0 amide bonds. The van der Waals surface area contributed by atoms with E-state index in [2.05, 4.69) is 74.1 Å². The van der Waals surface area contributed by atoms with Crippen LogP contribution >= 0.6 is 0 Å². The average Bonchev–Trinajstić information content (AvgIpc) is 2.09. The van der Waals surface area contributed by atoms with E-state index in [9.17, 15) is 0 Å². The van der Waals surface area contributed by atoms with E-state index >= 15 is 0 Å². The van der Waals surface area contributed by atoms with Crippen LogP contribution in [-0.2, 0) is 0 Å². The first kappa shape index (κ1) is 15.5. The van der Waals surface area contributed by atoms with Crippen molar-refractivity contribution in [2.75, 3.05) is 0 Å². The van der Waals surface area contributed by atoms with Gasteiger partial charge in [0.05, 0.1) is 0 Å². The third-order valence-electron chi connectivity index (χ3n) is 3.82. The highest BCUT2D eigenvalue weighted by molar-refractivity contribution is 5.20. The van der Waals surface area contributed by atoms with Gasteiger partial charge in [0.25, 0.3) is 0 Å². The topological polar surface area (TPSA) is 0 Å². The molecule has 0 bridgehead atoms. The molecule has 0 fully saturated rings. The molecule has 0 aliphatic carbocycles. The van der Waals surface area contributed by atoms with Gasteiger partial charge >= 0.3 is 0 Å². The Morgan fingerprint density at radius 3 is 1.69 bits per heavy atom. The van der Waals surface area contributed by atoms with Crippen LogP contribution in [0.25, 0.3) is 0 Å². The molecule has 0 heteroatoms. The lowest BCUT2D eigenvalue weighted by molar-refractivity contribution is 0.302. The van der Waals surface area contributed by atoms with Gasteiger partial charge in [0.2, 0.25) is 0 Å². The first-order valence-corrected chi connectivity index (χ1v) is 6.33. The summed E-state index contributed by atoms with van der Waals surface area (Å²) in [4.78, 5) is 0. The van der Waals surface area contributed by atoms with E-state index in [1.165, 1.54) is 5.57 Å². The Bertz CT molecular complexity index is 255. The monoisotopic (exact) mass is 222 g/mol. The van der Waals surface area contributed by atoms with Crippen LogP contribution in [0.1, 0.15) is 55.4 Å². The Labute approximate surface area is 103 Å². The second-order valence-corrected chi connectivity index (χ2v) is 7.18. The molecule has 0 saturated carbocycles. The molecule has 2 unspecified atom stereocenters. The van der Waals surface area contributed by atoms with Crippen LogP contribution in [0.15, 0.2) is 24.3 Å². The maximum atomic E-state index is 4.19. The number of allylic oxidation sites excluding steroid dienone is 3. The molecule has 0 aliphatic heterocycles. The van der Waals surface area contributed by atoms with Gasteiger partial charge in [-0.05, 0) is 22.7 Å². The van der Waals surface area contributed by atoms with Gasteiger partial charge < -0.3 is 0 Å². The van der Waals surface area contributed by atoms with E-state index in [-0.39, 0.29) is 0 Å². The fourth-order valence-electron chi connectivity index (χ4n) is 1.26. The fourth-order valence-corrected chi connectivity index (χ4v) is 1.26. The third kappa shape index (κ3) is 5.01. The minimum atomic E-state index is 0.298. The summed E-state index contributed by atoms with van der Waals surface area (Å²) in [6, 6.07) is 0. The molecule has 0 aromatic heterocycles. The SMILES string of the molecule is C=C(C=CC(C)C(C)(C)C)C(C)C(C)(C)C. The molecule has 0 saturated heterocycles. The normalized spacial score (nSPS) is 17.5. The Morgan fingerprint density at radius 1 is 0.938 bits per heavy atom. The van der Waals surface area contributed by atoms with E-state index in [0.29, 0.717) is 22.7 Å². The highest BCUT2D eigenvalue weighted by Gasteiger charge is 2.22. The van der Waals surface area contributed by atoms with Gasteiger partial charge in [-0.1, -0.05) is 79.7 Å². The molecule has 16 heavy (non-hydrogen) atoms. The molecule has 0 heterocycles. The van der Waals surface area contributed by atoms with Gasteiger partial charge in [-0.3, -0.25) is 0 Å². The molecule has 0 aliphatic rings. The van der Waals surface area contributed by atoms with Gasteiger partial charge in [0.1, 0.15) is 0 Å². The zero-order valence-electron chi connectivity index (χ0n) is 12.5. The molecule has 0 radical (unpaired) electrons. The smallest absolute Gasteiger partial charge is 0.0148 e. The second-order valence-electron chi connectivity index (χ2n) is 7.18. The Kier molecular flexibility index (Phi) is 5.04. The van der Waals surface area contributed by atoms with Crippen LogP contribution in [-0.4, -0.2) is 0 Å². The van der Waals surface area contributed by atoms with Gasteiger partial charge in [0.15, 0.2) is 0 Å². The highest BCUT2D eigenvalue weighted by Crippen LogP contribution is 2.32. The second kappa shape index (κ2) is 5.21. The summed E-state index contributed by atoms with van der Waals surface area (Å²) in [6.45, 7) is 22.3. The summed E-state index contributed by atoms with van der Waals surface area (Å²) in [6.07, 6.45) is 4.51. The molecular weight excluding hydrogens is 192 g/mol.